The summed E-state index contributed by atoms with van der Waals surface area (Å²) in [5.74, 6) is -0.931. The standard InChI is InChI=1S/C13H17FN2O2/c14-12-4-3-9(13(15)17)6-10(12)8-18-11-2-1-5-16-7-11/h3-4,6,11,16H,1-2,5,7-8H2,(H2,15,17). The van der Waals surface area contributed by atoms with Gasteiger partial charge in [0.25, 0.3) is 0 Å². The molecule has 4 nitrogen and oxygen atoms in total. The van der Waals surface area contributed by atoms with Gasteiger partial charge in [-0.05, 0) is 37.6 Å². The minimum absolute atomic E-state index is 0.107. The van der Waals surface area contributed by atoms with Gasteiger partial charge in [-0.15, -0.1) is 0 Å². The number of nitrogens with one attached hydrogen (secondary N) is 1. The van der Waals surface area contributed by atoms with E-state index >= 15 is 0 Å². The Morgan fingerprint density at radius 2 is 2.39 bits per heavy atom. The third kappa shape index (κ3) is 3.27. The van der Waals surface area contributed by atoms with Gasteiger partial charge in [-0.3, -0.25) is 4.79 Å². The SMILES string of the molecule is NC(=O)c1ccc(F)c(COC2CCCNC2)c1. The molecule has 1 unspecified atom stereocenters. The zero-order valence-corrected chi connectivity index (χ0v) is 10.1. The molecule has 1 aromatic carbocycles. The molecule has 0 saturated carbocycles. The lowest BCUT2D eigenvalue weighted by Crippen LogP contribution is -2.35. The van der Waals surface area contributed by atoms with Crippen molar-refractivity contribution in [1.29, 1.82) is 0 Å². The van der Waals surface area contributed by atoms with Crippen LogP contribution in [0, 0.1) is 5.82 Å². The molecule has 1 atom stereocenters. The predicted molar refractivity (Wildman–Crippen MR) is 65.6 cm³/mol. The zero-order chi connectivity index (χ0) is 13.0. The molecule has 1 amide bonds. The number of carbonyl (C=O) groups excluding carboxylic acids is 1. The Kier molecular flexibility index (Phi) is 4.28. The molecule has 0 bridgehead atoms. The second kappa shape index (κ2) is 5.93. The number of piperidine rings is 1. The van der Waals surface area contributed by atoms with Crippen molar-refractivity contribution < 1.29 is 13.9 Å². The summed E-state index contributed by atoms with van der Waals surface area (Å²) in [6.45, 7) is 1.96. The molecule has 2 rings (SSSR count). The summed E-state index contributed by atoms with van der Waals surface area (Å²) in [7, 11) is 0. The summed E-state index contributed by atoms with van der Waals surface area (Å²) in [5, 5.41) is 3.22. The van der Waals surface area contributed by atoms with E-state index in [9.17, 15) is 9.18 Å². The molecule has 1 aliphatic rings. The van der Waals surface area contributed by atoms with Crippen LogP contribution in [0.2, 0.25) is 0 Å². The summed E-state index contributed by atoms with van der Waals surface area (Å²) in [5.41, 5.74) is 5.83. The molecule has 3 N–H and O–H groups in total. The van der Waals surface area contributed by atoms with E-state index in [1.165, 1.54) is 18.2 Å². The molecule has 1 fully saturated rings. The lowest BCUT2D eigenvalue weighted by molar-refractivity contribution is 0.0239. The minimum Gasteiger partial charge on any atom is -0.372 e. The lowest BCUT2D eigenvalue weighted by atomic mass is 10.1. The van der Waals surface area contributed by atoms with Crippen molar-refractivity contribution >= 4 is 5.91 Å². The molecule has 0 spiro atoms. The van der Waals surface area contributed by atoms with Crippen LogP contribution < -0.4 is 11.1 Å². The molecule has 98 valence electrons. The van der Waals surface area contributed by atoms with Crippen molar-refractivity contribution in [2.75, 3.05) is 13.1 Å². The van der Waals surface area contributed by atoms with E-state index in [0.717, 1.165) is 25.9 Å². The molecular weight excluding hydrogens is 235 g/mol. The van der Waals surface area contributed by atoms with Gasteiger partial charge >= 0.3 is 0 Å². The van der Waals surface area contributed by atoms with Crippen LogP contribution in [-0.2, 0) is 11.3 Å². The van der Waals surface area contributed by atoms with Crippen molar-refractivity contribution in [3.05, 3.63) is 35.1 Å². The fourth-order valence-corrected chi connectivity index (χ4v) is 2.01. The van der Waals surface area contributed by atoms with Crippen LogP contribution in [-0.4, -0.2) is 25.1 Å². The molecule has 5 heteroatoms. The number of hydrogen-bond donors (Lipinski definition) is 2. The molecule has 0 aromatic heterocycles. The fraction of sp³-hybridized carbons (Fsp3) is 0.462. The molecular formula is C13H17FN2O2. The van der Waals surface area contributed by atoms with Crippen LogP contribution in [0.1, 0.15) is 28.8 Å². The highest BCUT2D eigenvalue weighted by atomic mass is 19.1. The summed E-state index contributed by atoms with van der Waals surface area (Å²) in [6, 6.07) is 4.08. The number of amides is 1. The van der Waals surface area contributed by atoms with E-state index in [0.29, 0.717) is 11.1 Å². The molecule has 1 aliphatic heterocycles. The number of carbonyl (C=O) groups is 1. The highest BCUT2D eigenvalue weighted by molar-refractivity contribution is 5.92. The number of benzene rings is 1. The monoisotopic (exact) mass is 252 g/mol. The number of rotatable bonds is 4. The summed E-state index contributed by atoms with van der Waals surface area (Å²) < 4.78 is 19.2. The quantitative estimate of drug-likeness (QED) is 0.846. The van der Waals surface area contributed by atoms with Crippen molar-refractivity contribution in [3.63, 3.8) is 0 Å². The third-order valence-corrected chi connectivity index (χ3v) is 3.06. The number of halogens is 1. The van der Waals surface area contributed by atoms with Crippen LogP contribution in [0.5, 0.6) is 0 Å². The highest BCUT2D eigenvalue weighted by Gasteiger charge is 2.14. The molecule has 18 heavy (non-hydrogen) atoms. The van der Waals surface area contributed by atoms with Gasteiger partial charge in [0.1, 0.15) is 5.82 Å². The van der Waals surface area contributed by atoms with Gasteiger partial charge < -0.3 is 15.8 Å². The molecule has 1 aromatic rings. The van der Waals surface area contributed by atoms with Crippen molar-refractivity contribution in [3.8, 4) is 0 Å². The normalized spacial score (nSPS) is 19.7. The maximum absolute atomic E-state index is 13.5. The Morgan fingerprint density at radius 1 is 1.56 bits per heavy atom. The molecule has 1 saturated heterocycles. The summed E-state index contributed by atoms with van der Waals surface area (Å²) >= 11 is 0. The maximum Gasteiger partial charge on any atom is 0.248 e. The second-order valence-corrected chi connectivity index (χ2v) is 4.45. The first-order valence-electron chi connectivity index (χ1n) is 6.07. The van der Waals surface area contributed by atoms with Gasteiger partial charge in [0, 0.05) is 17.7 Å². The van der Waals surface area contributed by atoms with E-state index < -0.39 is 5.91 Å². The van der Waals surface area contributed by atoms with E-state index in [1.54, 1.807) is 0 Å². The first kappa shape index (κ1) is 13.0. The summed E-state index contributed by atoms with van der Waals surface area (Å²) in [4.78, 5) is 11.0. The van der Waals surface area contributed by atoms with Gasteiger partial charge in [-0.1, -0.05) is 0 Å². The van der Waals surface area contributed by atoms with Crippen molar-refractivity contribution in [2.45, 2.75) is 25.6 Å². The molecule has 0 aliphatic carbocycles. The Bertz CT molecular complexity index is 431. The topological polar surface area (TPSA) is 64.4 Å². The van der Waals surface area contributed by atoms with Crippen LogP contribution in [0.15, 0.2) is 18.2 Å². The molecule has 0 radical (unpaired) electrons. The number of nitrogens with two attached hydrogens (primary N) is 1. The van der Waals surface area contributed by atoms with Gasteiger partial charge in [0.2, 0.25) is 5.91 Å². The Balaban J connectivity index is 1.99. The second-order valence-electron chi connectivity index (χ2n) is 4.45. The first-order valence-corrected chi connectivity index (χ1v) is 6.07. The highest BCUT2D eigenvalue weighted by Crippen LogP contribution is 2.14. The smallest absolute Gasteiger partial charge is 0.248 e. The number of hydrogen-bond acceptors (Lipinski definition) is 3. The third-order valence-electron chi connectivity index (χ3n) is 3.06. The zero-order valence-electron chi connectivity index (χ0n) is 10.1. The Hall–Kier alpha value is -1.46. The van der Waals surface area contributed by atoms with E-state index in [2.05, 4.69) is 5.32 Å². The average Bonchev–Trinajstić information content (AvgIpc) is 2.38. The van der Waals surface area contributed by atoms with Crippen molar-refractivity contribution in [1.82, 2.24) is 5.32 Å². The average molecular weight is 252 g/mol. The van der Waals surface area contributed by atoms with E-state index in [1.807, 2.05) is 0 Å². The Labute approximate surface area is 105 Å². The van der Waals surface area contributed by atoms with Crippen LogP contribution in [0.4, 0.5) is 4.39 Å². The fourth-order valence-electron chi connectivity index (χ4n) is 2.01. The van der Waals surface area contributed by atoms with E-state index in [-0.39, 0.29) is 18.5 Å². The number of ether oxygens (including phenoxy) is 1. The van der Waals surface area contributed by atoms with Crippen molar-refractivity contribution in [2.24, 2.45) is 5.73 Å². The summed E-state index contributed by atoms with van der Waals surface area (Å²) in [6.07, 6.45) is 2.15. The maximum atomic E-state index is 13.5. The largest absolute Gasteiger partial charge is 0.372 e. The van der Waals surface area contributed by atoms with Crippen LogP contribution >= 0.6 is 0 Å². The predicted octanol–water partition coefficient (Wildman–Crippen LogP) is 1.19. The van der Waals surface area contributed by atoms with Gasteiger partial charge in [0.15, 0.2) is 0 Å². The van der Waals surface area contributed by atoms with Crippen LogP contribution in [0.25, 0.3) is 0 Å². The Morgan fingerprint density at radius 3 is 3.06 bits per heavy atom. The lowest BCUT2D eigenvalue weighted by Gasteiger charge is -2.23. The minimum atomic E-state index is -0.560. The van der Waals surface area contributed by atoms with Gasteiger partial charge in [-0.2, -0.15) is 0 Å². The van der Waals surface area contributed by atoms with Gasteiger partial charge in [-0.25, -0.2) is 4.39 Å². The first-order chi connectivity index (χ1) is 8.66. The number of primary amides is 1. The van der Waals surface area contributed by atoms with Crippen LogP contribution in [0.3, 0.4) is 0 Å². The molecule has 1 heterocycles. The van der Waals surface area contributed by atoms with Gasteiger partial charge in [0.05, 0.1) is 12.7 Å². The van der Waals surface area contributed by atoms with E-state index in [4.69, 9.17) is 10.5 Å².